The van der Waals surface area contributed by atoms with Gasteiger partial charge in [-0.25, -0.2) is 0 Å². The number of benzene rings is 2. The average Bonchev–Trinajstić information content (AvgIpc) is 2.61. The number of halogens is 1. The van der Waals surface area contributed by atoms with Crippen LogP contribution in [0.15, 0.2) is 48.5 Å². The Hall–Kier alpha value is -2.04. The molecule has 1 saturated heterocycles. The first-order chi connectivity index (χ1) is 11.2. The summed E-state index contributed by atoms with van der Waals surface area (Å²) in [4.78, 5) is 14.9. The molecule has 5 heteroatoms. The van der Waals surface area contributed by atoms with Crippen LogP contribution in [0.3, 0.4) is 0 Å². The SMILES string of the molecule is COc1ccccc1C(=O)N1CCNCC1c1cccc(Cl)c1. The first kappa shape index (κ1) is 15.8. The van der Waals surface area contributed by atoms with E-state index in [0.29, 0.717) is 29.4 Å². The van der Waals surface area contributed by atoms with E-state index in [-0.39, 0.29) is 11.9 Å². The van der Waals surface area contributed by atoms with Crippen LogP contribution >= 0.6 is 11.6 Å². The molecule has 4 nitrogen and oxygen atoms in total. The van der Waals surface area contributed by atoms with E-state index >= 15 is 0 Å². The third-order valence-corrected chi connectivity index (χ3v) is 4.31. The van der Waals surface area contributed by atoms with Gasteiger partial charge >= 0.3 is 0 Å². The van der Waals surface area contributed by atoms with Crippen molar-refractivity contribution in [1.29, 1.82) is 0 Å². The highest BCUT2D eigenvalue weighted by molar-refractivity contribution is 6.30. The van der Waals surface area contributed by atoms with Crippen molar-refractivity contribution in [2.45, 2.75) is 6.04 Å². The van der Waals surface area contributed by atoms with Gasteiger partial charge in [-0.2, -0.15) is 0 Å². The van der Waals surface area contributed by atoms with Gasteiger partial charge in [0.25, 0.3) is 5.91 Å². The summed E-state index contributed by atoms with van der Waals surface area (Å²) >= 11 is 6.11. The van der Waals surface area contributed by atoms with E-state index in [1.807, 2.05) is 47.4 Å². The van der Waals surface area contributed by atoms with Crippen molar-refractivity contribution in [3.05, 3.63) is 64.7 Å². The zero-order valence-corrected chi connectivity index (χ0v) is 13.7. The molecule has 0 spiro atoms. The molecule has 0 radical (unpaired) electrons. The number of piperazine rings is 1. The number of hydrogen-bond donors (Lipinski definition) is 1. The molecule has 1 N–H and O–H groups in total. The lowest BCUT2D eigenvalue weighted by molar-refractivity contribution is 0.0631. The Morgan fingerprint density at radius 3 is 2.87 bits per heavy atom. The van der Waals surface area contributed by atoms with Gasteiger partial charge < -0.3 is 15.0 Å². The highest BCUT2D eigenvalue weighted by atomic mass is 35.5. The number of nitrogens with zero attached hydrogens (tertiary/aromatic N) is 1. The van der Waals surface area contributed by atoms with Crippen LogP contribution in [0.25, 0.3) is 0 Å². The van der Waals surface area contributed by atoms with E-state index in [4.69, 9.17) is 16.3 Å². The zero-order chi connectivity index (χ0) is 16.2. The van der Waals surface area contributed by atoms with E-state index in [9.17, 15) is 4.79 Å². The summed E-state index contributed by atoms with van der Waals surface area (Å²) < 4.78 is 5.33. The van der Waals surface area contributed by atoms with Crippen molar-refractivity contribution in [2.24, 2.45) is 0 Å². The number of rotatable bonds is 3. The van der Waals surface area contributed by atoms with Crippen molar-refractivity contribution in [3.63, 3.8) is 0 Å². The molecule has 120 valence electrons. The minimum absolute atomic E-state index is 0.0195. The molecule has 1 amide bonds. The molecule has 0 saturated carbocycles. The van der Waals surface area contributed by atoms with Crippen LogP contribution in [0, 0.1) is 0 Å². The van der Waals surface area contributed by atoms with Crippen LogP contribution in [0.5, 0.6) is 5.75 Å². The first-order valence-corrected chi connectivity index (χ1v) is 7.98. The Morgan fingerprint density at radius 1 is 1.26 bits per heavy atom. The Balaban J connectivity index is 1.93. The number of para-hydroxylation sites is 1. The van der Waals surface area contributed by atoms with E-state index in [0.717, 1.165) is 12.1 Å². The van der Waals surface area contributed by atoms with E-state index in [1.165, 1.54) is 0 Å². The smallest absolute Gasteiger partial charge is 0.258 e. The molecule has 1 aliphatic heterocycles. The number of nitrogens with one attached hydrogen (secondary N) is 1. The Morgan fingerprint density at radius 2 is 2.09 bits per heavy atom. The second-order valence-electron chi connectivity index (χ2n) is 5.47. The van der Waals surface area contributed by atoms with Gasteiger partial charge in [0.2, 0.25) is 0 Å². The molecular formula is C18H19ClN2O2. The van der Waals surface area contributed by atoms with Crippen LogP contribution in [-0.4, -0.2) is 37.6 Å². The van der Waals surface area contributed by atoms with Crippen LogP contribution in [0.1, 0.15) is 22.0 Å². The lowest BCUT2D eigenvalue weighted by atomic mass is 10.0. The molecule has 23 heavy (non-hydrogen) atoms. The molecule has 1 heterocycles. The monoisotopic (exact) mass is 330 g/mol. The Kier molecular flexibility index (Phi) is 4.84. The predicted molar refractivity (Wildman–Crippen MR) is 91.1 cm³/mol. The number of amides is 1. The normalized spacial score (nSPS) is 17.8. The van der Waals surface area contributed by atoms with Crippen molar-refractivity contribution >= 4 is 17.5 Å². The van der Waals surface area contributed by atoms with Gasteiger partial charge in [0.1, 0.15) is 5.75 Å². The molecule has 3 rings (SSSR count). The fraction of sp³-hybridized carbons (Fsp3) is 0.278. The number of ether oxygens (including phenoxy) is 1. The molecule has 1 fully saturated rings. The lowest BCUT2D eigenvalue weighted by Gasteiger charge is -2.37. The third-order valence-electron chi connectivity index (χ3n) is 4.08. The molecular weight excluding hydrogens is 312 g/mol. The number of carbonyl (C=O) groups excluding carboxylic acids is 1. The zero-order valence-electron chi connectivity index (χ0n) is 13.0. The second kappa shape index (κ2) is 7.02. The maximum absolute atomic E-state index is 13.0. The molecule has 1 aliphatic rings. The topological polar surface area (TPSA) is 41.6 Å². The molecule has 1 unspecified atom stereocenters. The highest BCUT2D eigenvalue weighted by Crippen LogP contribution is 2.28. The fourth-order valence-electron chi connectivity index (χ4n) is 2.94. The largest absolute Gasteiger partial charge is 0.496 e. The summed E-state index contributed by atoms with van der Waals surface area (Å²) in [7, 11) is 1.58. The van der Waals surface area contributed by atoms with E-state index in [2.05, 4.69) is 5.32 Å². The van der Waals surface area contributed by atoms with Gasteiger partial charge in [-0.3, -0.25) is 4.79 Å². The molecule has 2 aromatic rings. The van der Waals surface area contributed by atoms with Gasteiger partial charge in [0.15, 0.2) is 0 Å². The maximum atomic E-state index is 13.0. The standard InChI is InChI=1S/C18H19ClN2O2/c1-23-17-8-3-2-7-15(17)18(22)21-10-9-20-12-16(21)13-5-4-6-14(19)11-13/h2-8,11,16,20H,9-10,12H2,1H3. The van der Waals surface area contributed by atoms with Crippen molar-refractivity contribution in [1.82, 2.24) is 10.2 Å². The third kappa shape index (κ3) is 3.33. The molecule has 0 bridgehead atoms. The molecule has 2 aromatic carbocycles. The van der Waals surface area contributed by atoms with Gasteiger partial charge in [0, 0.05) is 24.7 Å². The summed E-state index contributed by atoms with van der Waals surface area (Å²) in [5.74, 6) is 0.579. The Bertz CT molecular complexity index is 705. The van der Waals surface area contributed by atoms with Crippen LogP contribution in [0.2, 0.25) is 5.02 Å². The van der Waals surface area contributed by atoms with Crippen LogP contribution in [0.4, 0.5) is 0 Å². The minimum atomic E-state index is -0.0418. The predicted octanol–water partition coefficient (Wildman–Crippen LogP) is 3.14. The summed E-state index contributed by atoms with van der Waals surface area (Å²) in [6, 6.07) is 15.0. The number of hydrogen-bond acceptors (Lipinski definition) is 3. The van der Waals surface area contributed by atoms with Crippen LogP contribution in [-0.2, 0) is 0 Å². The van der Waals surface area contributed by atoms with E-state index < -0.39 is 0 Å². The van der Waals surface area contributed by atoms with Crippen LogP contribution < -0.4 is 10.1 Å². The molecule has 0 aliphatic carbocycles. The summed E-state index contributed by atoms with van der Waals surface area (Å²) in [5, 5.41) is 4.03. The summed E-state index contributed by atoms with van der Waals surface area (Å²) in [6.45, 7) is 2.13. The number of methoxy groups -OCH3 is 1. The molecule has 1 atom stereocenters. The fourth-order valence-corrected chi connectivity index (χ4v) is 3.13. The average molecular weight is 331 g/mol. The lowest BCUT2D eigenvalue weighted by Crippen LogP contribution is -2.48. The van der Waals surface area contributed by atoms with Gasteiger partial charge in [-0.05, 0) is 29.8 Å². The van der Waals surface area contributed by atoms with Crippen molar-refractivity contribution in [2.75, 3.05) is 26.7 Å². The minimum Gasteiger partial charge on any atom is -0.496 e. The van der Waals surface area contributed by atoms with Gasteiger partial charge in [-0.15, -0.1) is 0 Å². The summed E-state index contributed by atoms with van der Waals surface area (Å²) in [6.07, 6.45) is 0. The quantitative estimate of drug-likeness (QED) is 0.940. The first-order valence-electron chi connectivity index (χ1n) is 7.61. The maximum Gasteiger partial charge on any atom is 0.258 e. The number of carbonyl (C=O) groups is 1. The van der Waals surface area contributed by atoms with Gasteiger partial charge in [-0.1, -0.05) is 35.9 Å². The second-order valence-corrected chi connectivity index (χ2v) is 5.91. The van der Waals surface area contributed by atoms with Crippen molar-refractivity contribution in [3.8, 4) is 5.75 Å². The van der Waals surface area contributed by atoms with E-state index in [1.54, 1.807) is 13.2 Å². The van der Waals surface area contributed by atoms with Gasteiger partial charge in [0.05, 0.1) is 18.7 Å². The Labute approximate surface area is 141 Å². The highest BCUT2D eigenvalue weighted by Gasteiger charge is 2.30. The summed E-state index contributed by atoms with van der Waals surface area (Å²) in [5.41, 5.74) is 1.62. The molecule has 0 aromatic heterocycles. The van der Waals surface area contributed by atoms with Crippen molar-refractivity contribution < 1.29 is 9.53 Å².